The van der Waals surface area contributed by atoms with Gasteiger partial charge in [-0.2, -0.15) is 5.10 Å². The second kappa shape index (κ2) is 4.06. The molecule has 1 aliphatic rings. The van der Waals surface area contributed by atoms with E-state index in [-0.39, 0.29) is 0 Å². The molecule has 1 aliphatic heterocycles. The van der Waals surface area contributed by atoms with Crippen molar-refractivity contribution >= 4 is 0 Å². The summed E-state index contributed by atoms with van der Waals surface area (Å²) in [5.41, 5.74) is 0. The van der Waals surface area contributed by atoms with Crippen LogP contribution >= 0.6 is 0 Å². The van der Waals surface area contributed by atoms with Crippen LogP contribution < -0.4 is 5.32 Å². The van der Waals surface area contributed by atoms with E-state index in [1.807, 2.05) is 6.92 Å². The second-order valence-corrected chi connectivity index (χ2v) is 3.74. The number of hydrogen-bond donors (Lipinski definition) is 2. The Kier molecular flexibility index (Phi) is 2.79. The maximum Gasteiger partial charge on any atom is 0.167 e. The van der Waals surface area contributed by atoms with Gasteiger partial charge in [-0.25, -0.2) is 4.98 Å². The van der Waals surface area contributed by atoms with E-state index in [1.54, 1.807) is 0 Å². The number of aryl methyl sites for hydroxylation is 1. The Morgan fingerprint density at radius 2 is 2.07 bits per heavy atom. The van der Waals surface area contributed by atoms with E-state index in [9.17, 15) is 0 Å². The van der Waals surface area contributed by atoms with Crippen molar-refractivity contribution < 1.29 is 0 Å². The van der Waals surface area contributed by atoms with Crippen LogP contribution in [0.3, 0.4) is 0 Å². The molecule has 5 heteroatoms. The number of hydrogen-bond acceptors (Lipinski definition) is 4. The van der Waals surface area contributed by atoms with Crippen LogP contribution in [0.2, 0.25) is 0 Å². The zero-order valence-electron chi connectivity index (χ0n) is 8.75. The van der Waals surface area contributed by atoms with Gasteiger partial charge in [0.1, 0.15) is 5.82 Å². The van der Waals surface area contributed by atoms with Crippen LogP contribution in [-0.2, 0) is 0 Å². The maximum absolute atomic E-state index is 4.36. The number of aromatic amines is 1. The molecule has 78 valence electrons. The summed E-state index contributed by atoms with van der Waals surface area (Å²) >= 11 is 0. The summed E-state index contributed by atoms with van der Waals surface area (Å²) in [6.07, 6.45) is 0. The minimum atomic E-state index is 0.321. The van der Waals surface area contributed by atoms with Crippen molar-refractivity contribution in [3.63, 3.8) is 0 Å². The minimum Gasteiger partial charge on any atom is -0.314 e. The van der Waals surface area contributed by atoms with Gasteiger partial charge in [-0.15, -0.1) is 0 Å². The van der Waals surface area contributed by atoms with Gasteiger partial charge in [0.15, 0.2) is 5.82 Å². The second-order valence-electron chi connectivity index (χ2n) is 3.74. The van der Waals surface area contributed by atoms with Gasteiger partial charge in [0.25, 0.3) is 0 Å². The highest BCUT2D eigenvalue weighted by atomic mass is 15.3. The normalized spacial score (nSPS) is 21.0. The number of piperazine rings is 1. The zero-order chi connectivity index (χ0) is 9.97. The van der Waals surface area contributed by atoms with Crippen LogP contribution in [0.15, 0.2) is 0 Å². The quantitative estimate of drug-likeness (QED) is 0.701. The summed E-state index contributed by atoms with van der Waals surface area (Å²) in [6.45, 7) is 8.37. The maximum atomic E-state index is 4.36. The highest BCUT2D eigenvalue weighted by molar-refractivity contribution is 4.95. The lowest BCUT2D eigenvalue weighted by molar-refractivity contribution is 0.179. The number of rotatable bonds is 2. The Bertz CT molecular complexity index is 289. The molecule has 0 saturated carbocycles. The van der Waals surface area contributed by atoms with E-state index >= 15 is 0 Å². The van der Waals surface area contributed by atoms with Crippen molar-refractivity contribution in [1.82, 2.24) is 25.4 Å². The smallest absolute Gasteiger partial charge is 0.167 e. The van der Waals surface area contributed by atoms with Crippen molar-refractivity contribution in [2.75, 3.05) is 26.2 Å². The van der Waals surface area contributed by atoms with Crippen molar-refractivity contribution in [3.8, 4) is 0 Å². The zero-order valence-corrected chi connectivity index (χ0v) is 8.75. The van der Waals surface area contributed by atoms with Gasteiger partial charge in [0.2, 0.25) is 0 Å². The summed E-state index contributed by atoms with van der Waals surface area (Å²) in [6, 6.07) is 0.321. The molecule has 1 aromatic heterocycles. The highest BCUT2D eigenvalue weighted by Crippen LogP contribution is 2.15. The van der Waals surface area contributed by atoms with E-state index in [4.69, 9.17) is 0 Å². The molecular weight excluding hydrogens is 178 g/mol. The summed E-state index contributed by atoms with van der Waals surface area (Å²) in [4.78, 5) is 6.76. The summed E-state index contributed by atoms with van der Waals surface area (Å²) in [7, 11) is 0. The molecule has 2 heterocycles. The summed E-state index contributed by atoms with van der Waals surface area (Å²) in [5.74, 6) is 1.80. The van der Waals surface area contributed by atoms with Gasteiger partial charge in [-0.3, -0.25) is 10.00 Å². The van der Waals surface area contributed by atoms with Crippen LogP contribution in [0.1, 0.15) is 24.6 Å². The first-order valence-electron chi connectivity index (χ1n) is 5.11. The molecule has 0 bridgehead atoms. The van der Waals surface area contributed by atoms with Gasteiger partial charge in [0.05, 0.1) is 6.04 Å². The topological polar surface area (TPSA) is 56.8 Å². The first kappa shape index (κ1) is 9.61. The largest absolute Gasteiger partial charge is 0.314 e. The van der Waals surface area contributed by atoms with Crippen LogP contribution in [0, 0.1) is 6.92 Å². The first-order chi connectivity index (χ1) is 6.77. The number of nitrogens with one attached hydrogen (secondary N) is 2. The van der Waals surface area contributed by atoms with Gasteiger partial charge < -0.3 is 5.32 Å². The summed E-state index contributed by atoms with van der Waals surface area (Å²) in [5, 5.41) is 10.4. The van der Waals surface area contributed by atoms with Gasteiger partial charge in [-0.1, -0.05) is 0 Å². The van der Waals surface area contributed by atoms with Gasteiger partial charge >= 0.3 is 0 Å². The predicted molar refractivity (Wildman–Crippen MR) is 54.0 cm³/mol. The molecule has 5 nitrogen and oxygen atoms in total. The number of aromatic nitrogens is 3. The Balaban J connectivity index is 2.03. The van der Waals surface area contributed by atoms with Crippen LogP contribution in [-0.4, -0.2) is 46.3 Å². The van der Waals surface area contributed by atoms with Crippen LogP contribution in [0.4, 0.5) is 0 Å². The third kappa shape index (κ3) is 1.93. The standard InChI is InChI=1S/C9H17N5/c1-7(9-11-8(2)12-13-9)14-5-3-10-4-6-14/h7,10H,3-6H2,1-2H3,(H,11,12,13). The SMILES string of the molecule is Cc1nc(C(C)N2CCNCC2)n[nH]1. The number of nitrogens with zero attached hydrogens (tertiary/aromatic N) is 3. The fraction of sp³-hybridized carbons (Fsp3) is 0.778. The van der Waals surface area contributed by atoms with E-state index < -0.39 is 0 Å². The van der Waals surface area contributed by atoms with E-state index in [0.29, 0.717) is 6.04 Å². The van der Waals surface area contributed by atoms with Gasteiger partial charge in [-0.05, 0) is 13.8 Å². The molecule has 0 aliphatic carbocycles. The van der Waals surface area contributed by atoms with Crippen LogP contribution in [0.25, 0.3) is 0 Å². The molecule has 2 rings (SSSR count). The molecule has 1 atom stereocenters. The Labute approximate surface area is 83.9 Å². The molecule has 1 saturated heterocycles. The molecule has 2 N–H and O–H groups in total. The molecule has 1 fully saturated rings. The third-order valence-electron chi connectivity index (χ3n) is 2.69. The van der Waals surface area contributed by atoms with Crippen molar-refractivity contribution in [1.29, 1.82) is 0 Å². The lowest BCUT2D eigenvalue weighted by atomic mass is 10.2. The van der Waals surface area contributed by atoms with Crippen molar-refractivity contribution in [2.45, 2.75) is 19.9 Å². The Hall–Kier alpha value is -0.940. The molecule has 0 amide bonds. The molecule has 0 spiro atoms. The Morgan fingerprint density at radius 1 is 1.36 bits per heavy atom. The van der Waals surface area contributed by atoms with Crippen molar-refractivity contribution in [3.05, 3.63) is 11.6 Å². The fourth-order valence-corrected chi connectivity index (χ4v) is 1.78. The minimum absolute atomic E-state index is 0.321. The summed E-state index contributed by atoms with van der Waals surface area (Å²) < 4.78 is 0. The number of H-pyrrole nitrogens is 1. The predicted octanol–water partition coefficient (Wildman–Crippen LogP) is 0.0793. The molecule has 1 aromatic rings. The molecule has 14 heavy (non-hydrogen) atoms. The molecule has 0 radical (unpaired) electrons. The highest BCUT2D eigenvalue weighted by Gasteiger charge is 2.20. The molecular formula is C9H17N5. The van der Waals surface area contributed by atoms with E-state index in [2.05, 4.69) is 32.3 Å². The lowest BCUT2D eigenvalue weighted by Crippen LogP contribution is -2.44. The monoisotopic (exact) mass is 195 g/mol. The lowest BCUT2D eigenvalue weighted by Gasteiger charge is -2.31. The van der Waals surface area contributed by atoms with E-state index in [1.165, 1.54) is 0 Å². The van der Waals surface area contributed by atoms with Gasteiger partial charge in [0, 0.05) is 26.2 Å². The average Bonchev–Trinajstić information content (AvgIpc) is 2.65. The Morgan fingerprint density at radius 3 is 2.64 bits per heavy atom. The third-order valence-corrected chi connectivity index (χ3v) is 2.69. The van der Waals surface area contributed by atoms with Crippen molar-refractivity contribution in [2.24, 2.45) is 0 Å². The molecule has 0 aromatic carbocycles. The fourth-order valence-electron chi connectivity index (χ4n) is 1.78. The van der Waals surface area contributed by atoms with Crippen LogP contribution in [0.5, 0.6) is 0 Å². The average molecular weight is 195 g/mol. The van der Waals surface area contributed by atoms with E-state index in [0.717, 1.165) is 37.8 Å². The first-order valence-corrected chi connectivity index (χ1v) is 5.11. The molecule has 1 unspecified atom stereocenters.